The van der Waals surface area contributed by atoms with Crippen LogP contribution >= 0.6 is 0 Å². The molecule has 0 atom stereocenters. The van der Waals surface area contributed by atoms with Crippen molar-refractivity contribution in [2.75, 3.05) is 37.7 Å². The van der Waals surface area contributed by atoms with E-state index in [1.807, 2.05) is 0 Å². The maximum Gasteiger partial charge on any atom is 0.269 e. The molecule has 9 heteroatoms. The van der Waals surface area contributed by atoms with Gasteiger partial charge in [-0.1, -0.05) is 29.8 Å². The molecule has 0 radical (unpaired) electrons. The lowest BCUT2D eigenvalue weighted by molar-refractivity contribution is -0.384. The fraction of sp³-hybridized carbons (Fsp3) is 0.321. The number of ether oxygens (including phenoxy) is 1. The Morgan fingerprint density at radius 2 is 1.89 bits per heavy atom. The monoisotopic (exact) mass is 499 g/mol. The van der Waals surface area contributed by atoms with Crippen LogP contribution in [-0.2, 0) is 28.9 Å². The maximum absolute atomic E-state index is 13.0. The first-order valence-corrected chi connectivity index (χ1v) is 12.4. The van der Waals surface area contributed by atoms with Crippen LogP contribution in [0.4, 0.5) is 11.5 Å². The first-order valence-electron chi connectivity index (χ1n) is 12.4. The number of aromatic nitrogens is 2. The SMILES string of the molecule is Cc1cccc(Cc2nc3c(c(N4CCOCC4)n2)CN(C(=O)/C=C/c2ccc([N+](=O)[O-])cc2)CC3)c1. The van der Waals surface area contributed by atoms with E-state index in [-0.39, 0.29) is 11.6 Å². The molecule has 0 spiro atoms. The number of hydrogen-bond acceptors (Lipinski definition) is 7. The fourth-order valence-corrected chi connectivity index (χ4v) is 4.74. The average Bonchev–Trinajstić information content (AvgIpc) is 2.92. The lowest BCUT2D eigenvalue weighted by Crippen LogP contribution is -2.41. The first kappa shape index (κ1) is 24.6. The zero-order valence-electron chi connectivity index (χ0n) is 20.8. The number of non-ortho nitro benzene ring substituents is 1. The number of nitro benzene ring substituents is 1. The predicted octanol–water partition coefficient (Wildman–Crippen LogP) is 3.72. The van der Waals surface area contributed by atoms with Gasteiger partial charge in [0.1, 0.15) is 11.6 Å². The Labute approximate surface area is 215 Å². The summed E-state index contributed by atoms with van der Waals surface area (Å²) >= 11 is 0. The molecule has 0 saturated carbocycles. The van der Waals surface area contributed by atoms with Crippen molar-refractivity contribution in [3.63, 3.8) is 0 Å². The molecule has 190 valence electrons. The Hall–Kier alpha value is -4.11. The Morgan fingerprint density at radius 3 is 2.62 bits per heavy atom. The third kappa shape index (κ3) is 5.83. The molecule has 0 aliphatic carbocycles. The molecule has 3 aromatic rings. The second-order valence-electron chi connectivity index (χ2n) is 9.35. The van der Waals surface area contributed by atoms with Crippen LogP contribution in [0.15, 0.2) is 54.6 Å². The van der Waals surface area contributed by atoms with E-state index < -0.39 is 4.92 Å². The Balaban J connectivity index is 1.37. The highest BCUT2D eigenvalue weighted by molar-refractivity contribution is 5.92. The molecule has 0 N–H and O–H groups in total. The molecule has 1 saturated heterocycles. The third-order valence-corrected chi connectivity index (χ3v) is 6.67. The van der Waals surface area contributed by atoms with Gasteiger partial charge in [0.05, 0.1) is 30.4 Å². The summed E-state index contributed by atoms with van der Waals surface area (Å²) < 4.78 is 5.56. The topological polar surface area (TPSA) is 102 Å². The maximum atomic E-state index is 13.0. The molecule has 1 fully saturated rings. The van der Waals surface area contributed by atoms with Gasteiger partial charge in [0, 0.05) is 56.2 Å². The molecule has 2 aliphatic heterocycles. The standard InChI is InChI=1S/C28H29N5O4/c1-20-3-2-4-22(17-20)18-26-29-25-11-12-32(19-24(25)28(30-26)31-13-15-37-16-14-31)27(34)10-7-21-5-8-23(9-6-21)33(35)36/h2-10,17H,11-16,18-19H2,1H3/b10-7+. The number of nitrogens with zero attached hydrogens (tertiary/aromatic N) is 5. The summed E-state index contributed by atoms with van der Waals surface area (Å²) in [5, 5.41) is 10.9. The molecule has 5 rings (SSSR count). The van der Waals surface area contributed by atoms with E-state index in [0.29, 0.717) is 39.1 Å². The van der Waals surface area contributed by atoms with Gasteiger partial charge in [0.25, 0.3) is 5.69 Å². The summed E-state index contributed by atoms with van der Waals surface area (Å²) in [6.07, 6.45) is 4.53. The van der Waals surface area contributed by atoms with Crippen LogP contribution in [-0.4, -0.2) is 58.5 Å². The van der Waals surface area contributed by atoms with E-state index in [1.165, 1.54) is 29.3 Å². The predicted molar refractivity (Wildman–Crippen MR) is 140 cm³/mol. The fourth-order valence-electron chi connectivity index (χ4n) is 4.74. The van der Waals surface area contributed by atoms with Gasteiger partial charge in [-0.25, -0.2) is 9.97 Å². The number of hydrogen-bond donors (Lipinski definition) is 0. The first-order chi connectivity index (χ1) is 18.0. The molecule has 0 unspecified atom stereocenters. The lowest BCUT2D eigenvalue weighted by atomic mass is 10.0. The van der Waals surface area contributed by atoms with Crippen LogP contribution in [0.5, 0.6) is 0 Å². The van der Waals surface area contributed by atoms with Gasteiger partial charge in [0.15, 0.2) is 0 Å². The Morgan fingerprint density at radius 1 is 1.11 bits per heavy atom. The molecule has 1 aromatic heterocycles. The van der Waals surface area contributed by atoms with E-state index >= 15 is 0 Å². The van der Waals surface area contributed by atoms with E-state index in [1.54, 1.807) is 23.1 Å². The summed E-state index contributed by atoms with van der Waals surface area (Å²) in [6.45, 7) is 5.88. The molecule has 3 heterocycles. The summed E-state index contributed by atoms with van der Waals surface area (Å²) in [5.41, 5.74) is 5.14. The molecule has 2 aromatic carbocycles. The van der Waals surface area contributed by atoms with Gasteiger partial charge in [-0.2, -0.15) is 0 Å². The van der Waals surface area contributed by atoms with E-state index in [0.717, 1.165) is 41.6 Å². The summed E-state index contributed by atoms with van der Waals surface area (Å²) in [7, 11) is 0. The summed E-state index contributed by atoms with van der Waals surface area (Å²) in [6, 6.07) is 14.5. The minimum atomic E-state index is -0.440. The molecule has 37 heavy (non-hydrogen) atoms. The van der Waals surface area contributed by atoms with Gasteiger partial charge in [-0.15, -0.1) is 0 Å². The largest absolute Gasteiger partial charge is 0.378 e. The number of carbonyl (C=O) groups excluding carboxylic acids is 1. The smallest absolute Gasteiger partial charge is 0.269 e. The van der Waals surface area contributed by atoms with Crippen molar-refractivity contribution >= 4 is 23.5 Å². The number of amides is 1. The van der Waals surface area contributed by atoms with Crippen LogP contribution in [0.3, 0.4) is 0 Å². The van der Waals surface area contributed by atoms with Crippen molar-refractivity contribution in [3.8, 4) is 0 Å². The number of morpholine rings is 1. The number of nitro groups is 1. The van der Waals surface area contributed by atoms with Crippen molar-refractivity contribution in [2.45, 2.75) is 26.3 Å². The van der Waals surface area contributed by atoms with Gasteiger partial charge in [-0.05, 0) is 36.3 Å². The van der Waals surface area contributed by atoms with Crippen molar-refractivity contribution in [2.24, 2.45) is 0 Å². The molecular formula is C28H29N5O4. The number of carbonyl (C=O) groups is 1. The Bertz CT molecular complexity index is 1330. The minimum absolute atomic E-state index is 0.0218. The quantitative estimate of drug-likeness (QED) is 0.289. The molecular weight excluding hydrogens is 470 g/mol. The number of rotatable bonds is 6. The third-order valence-electron chi connectivity index (χ3n) is 6.67. The van der Waals surface area contributed by atoms with Crippen LogP contribution in [0.1, 0.15) is 33.8 Å². The summed E-state index contributed by atoms with van der Waals surface area (Å²) in [4.78, 5) is 37.4. The molecule has 0 bridgehead atoms. The minimum Gasteiger partial charge on any atom is -0.378 e. The lowest BCUT2D eigenvalue weighted by Gasteiger charge is -2.34. The highest BCUT2D eigenvalue weighted by Crippen LogP contribution is 2.28. The Kier molecular flexibility index (Phi) is 7.23. The number of anilines is 1. The van der Waals surface area contributed by atoms with Gasteiger partial charge < -0.3 is 14.5 Å². The molecule has 1 amide bonds. The van der Waals surface area contributed by atoms with E-state index in [9.17, 15) is 14.9 Å². The molecule has 9 nitrogen and oxygen atoms in total. The van der Waals surface area contributed by atoms with Crippen molar-refractivity contribution in [1.82, 2.24) is 14.9 Å². The van der Waals surface area contributed by atoms with Crippen LogP contribution in [0.2, 0.25) is 0 Å². The number of benzene rings is 2. The number of fused-ring (bicyclic) bond motifs is 1. The second kappa shape index (κ2) is 10.9. The van der Waals surface area contributed by atoms with Gasteiger partial charge >= 0.3 is 0 Å². The zero-order chi connectivity index (χ0) is 25.8. The number of aryl methyl sites for hydroxylation is 1. The van der Waals surface area contributed by atoms with Gasteiger partial charge in [0.2, 0.25) is 5.91 Å². The highest BCUT2D eigenvalue weighted by Gasteiger charge is 2.27. The zero-order valence-corrected chi connectivity index (χ0v) is 20.8. The highest BCUT2D eigenvalue weighted by atomic mass is 16.6. The van der Waals surface area contributed by atoms with Crippen molar-refractivity contribution in [1.29, 1.82) is 0 Å². The second-order valence-corrected chi connectivity index (χ2v) is 9.35. The van der Waals surface area contributed by atoms with E-state index in [4.69, 9.17) is 14.7 Å². The van der Waals surface area contributed by atoms with Gasteiger partial charge in [-0.3, -0.25) is 14.9 Å². The van der Waals surface area contributed by atoms with Crippen LogP contribution in [0, 0.1) is 17.0 Å². The van der Waals surface area contributed by atoms with Crippen LogP contribution < -0.4 is 4.90 Å². The normalized spacial score (nSPS) is 15.6. The molecule has 2 aliphatic rings. The van der Waals surface area contributed by atoms with Crippen molar-refractivity contribution in [3.05, 3.63) is 98.5 Å². The van der Waals surface area contributed by atoms with Crippen LogP contribution in [0.25, 0.3) is 6.08 Å². The van der Waals surface area contributed by atoms with Crippen molar-refractivity contribution < 1.29 is 14.5 Å². The van der Waals surface area contributed by atoms with E-state index in [2.05, 4.69) is 36.1 Å². The average molecular weight is 500 g/mol. The summed E-state index contributed by atoms with van der Waals surface area (Å²) in [5.74, 6) is 1.58.